The molecule has 0 aromatic heterocycles. The average molecular weight is 624 g/mol. The minimum atomic E-state index is -4.87. The molecule has 0 bridgehead atoms. The van der Waals surface area contributed by atoms with Gasteiger partial charge in [0, 0.05) is 13.0 Å². The third-order valence-corrected chi connectivity index (χ3v) is 12.3. The zero-order valence-corrected chi connectivity index (χ0v) is 30.3. The van der Waals surface area contributed by atoms with E-state index in [0.717, 1.165) is 38.5 Å². The molecule has 1 amide bonds. The summed E-state index contributed by atoms with van der Waals surface area (Å²) in [5.41, 5.74) is -0.0869. The summed E-state index contributed by atoms with van der Waals surface area (Å²) in [7, 11) is -9.24. The van der Waals surface area contributed by atoms with Crippen LogP contribution in [0.4, 0.5) is 0 Å². The molecule has 10 atom stereocenters. The summed E-state index contributed by atoms with van der Waals surface area (Å²) in [5, 5.41) is 12.9. The molecular weight excluding hydrogens is 580 g/mol. The zero-order chi connectivity index (χ0) is 28.1. The Labute approximate surface area is 284 Å². The fraction of sp³-hybridized carbons (Fsp3) is 0.962. The van der Waals surface area contributed by atoms with E-state index in [-0.39, 0.29) is 118 Å². The smallest absolute Gasteiger partial charge is 0.748 e. The van der Waals surface area contributed by atoms with Crippen LogP contribution in [0.5, 0.6) is 0 Å². The molecule has 0 aromatic rings. The van der Waals surface area contributed by atoms with Crippen LogP contribution in [0, 0.1) is 46.3 Å². The first-order valence-electron chi connectivity index (χ1n) is 14.1. The Morgan fingerprint density at radius 3 is 2.25 bits per heavy atom. The second kappa shape index (κ2) is 14.1. The quantitative estimate of drug-likeness (QED) is 0.150. The van der Waals surface area contributed by atoms with Crippen molar-refractivity contribution >= 4 is 26.4 Å². The maximum absolute atomic E-state index is 12.2. The maximum atomic E-state index is 12.2. The van der Waals surface area contributed by atoms with Crippen molar-refractivity contribution in [3.05, 3.63) is 0 Å². The van der Waals surface area contributed by atoms with Crippen LogP contribution < -0.4 is 64.4 Å². The number of rotatable bonds is 9. The van der Waals surface area contributed by atoms with Crippen molar-refractivity contribution in [1.29, 1.82) is 0 Å². The molecule has 4 aliphatic carbocycles. The van der Waals surface area contributed by atoms with E-state index in [2.05, 4.69) is 26.1 Å². The predicted octanol–water partition coefficient (Wildman–Crippen LogP) is -3.45. The van der Waals surface area contributed by atoms with E-state index in [1.165, 1.54) is 0 Å². The zero-order valence-electron chi connectivity index (χ0n) is 24.6. The van der Waals surface area contributed by atoms with Crippen LogP contribution in [0.3, 0.4) is 0 Å². The second-order valence-electron chi connectivity index (χ2n) is 13.1. The van der Waals surface area contributed by atoms with Gasteiger partial charge in [0.05, 0.1) is 28.1 Å². The number of hydrogen-bond donors (Lipinski definition) is 2. The first-order valence-corrected chi connectivity index (χ1v) is 17.0. The number of fused-ring (bicyclic) bond motifs is 5. The maximum Gasteiger partial charge on any atom is 1.00 e. The third kappa shape index (κ3) is 8.27. The van der Waals surface area contributed by atoms with E-state index in [1.807, 2.05) is 0 Å². The summed E-state index contributed by atoms with van der Waals surface area (Å²) in [6.45, 7) is 6.52. The van der Waals surface area contributed by atoms with Gasteiger partial charge in [-0.15, -0.1) is 0 Å². The van der Waals surface area contributed by atoms with Crippen LogP contribution in [0.1, 0.15) is 85.0 Å². The molecule has 3 unspecified atom stereocenters. The van der Waals surface area contributed by atoms with Crippen molar-refractivity contribution in [2.24, 2.45) is 46.3 Å². The molecule has 14 heteroatoms. The molecule has 0 aromatic carbocycles. The summed E-state index contributed by atoms with van der Waals surface area (Å²) in [4.78, 5) is 12.2. The molecule has 40 heavy (non-hydrogen) atoms. The van der Waals surface area contributed by atoms with E-state index < -0.39 is 38.5 Å². The first kappa shape index (κ1) is 37.4. The number of aliphatic hydroxyl groups excluding tert-OH is 1. The minimum Gasteiger partial charge on any atom is -0.748 e. The number of nitrogens with one attached hydrogen (secondary N) is 1. The molecule has 0 saturated heterocycles. The number of amides is 1. The standard InChI is InChI=1S/C26H45NO9S2.2Na/c1-16(4-7-23(29)27-12-13-37(30,31)32)19-5-6-20-24-21(9-11-26(19,20)3)25(2)10-8-18(28)14-17(25)15-22(24)36-38(33,34)35;;/h16-22,24,28H,4-15H2,1-3H3,(H,27,29)(H,30,31,32)(H,33,34,35);;/q;2*+1/p-2/t16-,17+,18-,19-,20?,21?,22-,24?,25+,26-;;/m1../s1. The predicted molar refractivity (Wildman–Crippen MR) is 137 cm³/mol. The van der Waals surface area contributed by atoms with E-state index in [9.17, 15) is 35.8 Å². The van der Waals surface area contributed by atoms with Crippen LogP contribution in [-0.4, -0.2) is 61.5 Å². The van der Waals surface area contributed by atoms with Gasteiger partial charge >= 0.3 is 59.1 Å². The van der Waals surface area contributed by atoms with Gasteiger partial charge in [-0.2, -0.15) is 0 Å². The topological polar surface area (TPSA) is 173 Å². The first-order chi connectivity index (χ1) is 17.5. The molecule has 4 saturated carbocycles. The van der Waals surface area contributed by atoms with E-state index >= 15 is 0 Å². The largest absolute Gasteiger partial charge is 1.00 e. The average Bonchev–Trinajstić information content (AvgIpc) is 3.14. The Morgan fingerprint density at radius 2 is 1.62 bits per heavy atom. The second-order valence-corrected chi connectivity index (χ2v) is 15.6. The van der Waals surface area contributed by atoms with Crippen LogP contribution >= 0.6 is 0 Å². The van der Waals surface area contributed by atoms with Crippen LogP contribution in [-0.2, 0) is 29.5 Å². The Bertz CT molecular complexity index is 1110. The Hall–Kier alpha value is 1.21. The van der Waals surface area contributed by atoms with Crippen molar-refractivity contribution in [2.75, 3.05) is 12.3 Å². The summed E-state index contributed by atoms with van der Waals surface area (Å²) in [6, 6.07) is 0. The fourth-order valence-electron chi connectivity index (χ4n) is 9.36. The molecule has 0 spiro atoms. The Kier molecular flexibility index (Phi) is 13.2. The van der Waals surface area contributed by atoms with Crippen LogP contribution in [0.25, 0.3) is 0 Å². The van der Waals surface area contributed by atoms with Crippen molar-refractivity contribution in [3.63, 3.8) is 0 Å². The van der Waals surface area contributed by atoms with Gasteiger partial charge in [-0.1, -0.05) is 20.8 Å². The molecule has 2 N–H and O–H groups in total. The fourth-order valence-corrected chi connectivity index (χ4v) is 10.2. The third-order valence-electron chi connectivity index (χ3n) is 11.1. The number of hydrogen-bond acceptors (Lipinski definition) is 9. The molecule has 10 nitrogen and oxygen atoms in total. The van der Waals surface area contributed by atoms with Gasteiger partial charge in [0.15, 0.2) is 0 Å². The molecule has 4 rings (SSSR count). The normalized spacial score (nSPS) is 39.9. The van der Waals surface area contributed by atoms with Crippen LogP contribution in [0.2, 0.25) is 0 Å². The van der Waals surface area contributed by atoms with Crippen molar-refractivity contribution in [2.45, 2.75) is 97.2 Å². The van der Waals surface area contributed by atoms with Crippen molar-refractivity contribution in [3.8, 4) is 0 Å². The minimum absolute atomic E-state index is 0. The van der Waals surface area contributed by atoms with Crippen molar-refractivity contribution < 1.29 is 99.1 Å². The molecular formula is C26H43NNa2O9S2. The molecule has 0 heterocycles. The summed E-state index contributed by atoms with van der Waals surface area (Å²) in [5.74, 6) is 0.167. The Morgan fingerprint density at radius 1 is 1.00 bits per heavy atom. The number of carbonyl (C=O) groups is 1. The number of carbonyl (C=O) groups excluding carboxylic acids is 1. The van der Waals surface area contributed by atoms with E-state index in [4.69, 9.17) is 4.18 Å². The molecule has 4 fully saturated rings. The SMILES string of the molecule is C[C@H](CCC(=O)NCCS(=O)(=O)[O-])[C@H]1CCC2C3C(CC[C@@]21C)[C@@]1(C)CC[C@@H](O)C[C@H]1C[C@H]3OS(=O)(=O)[O-].[Na+].[Na+]. The van der Waals surface area contributed by atoms with Gasteiger partial charge in [-0.25, -0.2) is 16.8 Å². The Balaban J connectivity index is 0.00000280. The monoisotopic (exact) mass is 623 g/mol. The summed E-state index contributed by atoms with van der Waals surface area (Å²) < 4.78 is 72.9. The van der Waals surface area contributed by atoms with Crippen LogP contribution in [0.15, 0.2) is 0 Å². The van der Waals surface area contributed by atoms with E-state index in [0.29, 0.717) is 25.2 Å². The van der Waals surface area contributed by atoms with Gasteiger partial charge in [0.25, 0.3) is 0 Å². The summed E-state index contributed by atoms with van der Waals surface area (Å²) >= 11 is 0. The van der Waals surface area contributed by atoms with Crippen molar-refractivity contribution in [1.82, 2.24) is 5.32 Å². The van der Waals surface area contributed by atoms with Gasteiger partial charge in [0.2, 0.25) is 16.3 Å². The molecule has 0 radical (unpaired) electrons. The van der Waals surface area contributed by atoms with Gasteiger partial charge in [-0.05, 0) is 104 Å². The number of aliphatic hydroxyl groups is 1. The van der Waals surface area contributed by atoms with Gasteiger partial charge < -0.3 is 19.5 Å². The molecule has 4 aliphatic rings. The van der Waals surface area contributed by atoms with Gasteiger partial charge in [-0.3, -0.25) is 8.98 Å². The molecule has 0 aliphatic heterocycles. The van der Waals surface area contributed by atoms with E-state index in [1.54, 1.807) is 0 Å². The summed E-state index contributed by atoms with van der Waals surface area (Å²) in [6.07, 6.45) is 6.31. The molecule has 220 valence electrons. The van der Waals surface area contributed by atoms with Gasteiger partial charge in [0.1, 0.15) is 0 Å².